The van der Waals surface area contributed by atoms with Crippen molar-refractivity contribution in [1.29, 1.82) is 0 Å². The van der Waals surface area contributed by atoms with Gasteiger partial charge in [0.2, 0.25) is 0 Å². The minimum Gasteiger partial charge on any atom is -0.314 e. The highest BCUT2D eigenvalue weighted by Gasteiger charge is 2.47. The number of anilines is 1. The summed E-state index contributed by atoms with van der Waals surface area (Å²) in [6, 6.07) is 12.8. The number of fused-ring (bicyclic) bond motifs is 3. The third-order valence-electron chi connectivity index (χ3n) is 4.78. The standard InChI is InChI=1S/C18H15F3N2O/c19-18(20,21)14-8-4-7-12-13-9-22-10-15(13)23(17(24)16(12)14)11-5-2-1-3-6-11/h1-8,13,15,22H,9-10H2/t13-,15-/m0/s1. The molecule has 0 unspecified atom stereocenters. The first kappa shape index (κ1) is 15.2. The number of nitrogens with one attached hydrogen (secondary N) is 1. The van der Waals surface area contributed by atoms with Crippen molar-refractivity contribution in [1.82, 2.24) is 5.32 Å². The van der Waals surface area contributed by atoms with E-state index in [9.17, 15) is 18.0 Å². The normalized spacial score (nSPS) is 23.1. The lowest BCUT2D eigenvalue weighted by molar-refractivity contribution is -0.138. The Hall–Kier alpha value is -2.34. The number of hydrogen-bond donors (Lipinski definition) is 1. The minimum atomic E-state index is -4.55. The molecule has 4 rings (SSSR count). The number of carbonyl (C=O) groups is 1. The summed E-state index contributed by atoms with van der Waals surface area (Å²) < 4.78 is 40.3. The third kappa shape index (κ3) is 2.21. The van der Waals surface area contributed by atoms with E-state index in [0.717, 1.165) is 6.07 Å². The Balaban J connectivity index is 1.93. The number of halogens is 3. The van der Waals surface area contributed by atoms with Gasteiger partial charge in [-0.05, 0) is 23.8 Å². The zero-order valence-corrected chi connectivity index (χ0v) is 12.7. The number of amides is 1. The fraction of sp³-hybridized carbons (Fsp3) is 0.278. The van der Waals surface area contributed by atoms with Gasteiger partial charge in [0.25, 0.3) is 5.91 Å². The summed E-state index contributed by atoms with van der Waals surface area (Å²) in [5, 5.41) is 3.21. The van der Waals surface area contributed by atoms with Crippen LogP contribution in [0.4, 0.5) is 18.9 Å². The van der Waals surface area contributed by atoms with E-state index in [2.05, 4.69) is 5.32 Å². The monoisotopic (exact) mass is 332 g/mol. The molecule has 0 bridgehead atoms. The molecule has 1 fully saturated rings. The van der Waals surface area contributed by atoms with Gasteiger partial charge >= 0.3 is 6.18 Å². The van der Waals surface area contributed by atoms with Crippen molar-refractivity contribution in [3.05, 3.63) is 65.2 Å². The Kier molecular flexibility index (Phi) is 3.38. The van der Waals surface area contributed by atoms with E-state index in [1.807, 2.05) is 6.07 Å². The summed E-state index contributed by atoms with van der Waals surface area (Å²) in [4.78, 5) is 14.5. The number of benzene rings is 2. The lowest BCUT2D eigenvalue weighted by Gasteiger charge is -2.39. The van der Waals surface area contributed by atoms with Crippen molar-refractivity contribution in [3.8, 4) is 0 Å². The van der Waals surface area contributed by atoms with Crippen LogP contribution >= 0.6 is 0 Å². The van der Waals surface area contributed by atoms with Crippen molar-refractivity contribution in [2.24, 2.45) is 0 Å². The SMILES string of the molecule is O=C1c2c(cccc2C(F)(F)F)[C@@H]2CNC[C@@H]2N1c1ccccc1. The van der Waals surface area contributed by atoms with Crippen molar-refractivity contribution >= 4 is 11.6 Å². The summed E-state index contributed by atoms with van der Waals surface area (Å²) >= 11 is 0. The topological polar surface area (TPSA) is 32.3 Å². The molecule has 2 aliphatic heterocycles. The summed E-state index contributed by atoms with van der Waals surface area (Å²) in [5.74, 6) is -0.714. The number of hydrogen-bond acceptors (Lipinski definition) is 2. The molecule has 2 aromatic carbocycles. The molecule has 1 N–H and O–H groups in total. The third-order valence-corrected chi connectivity index (χ3v) is 4.78. The Labute approximate surface area is 137 Å². The van der Waals surface area contributed by atoms with E-state index in [4.69, 9.17) is 0 Å². The van der Waals surface area contributed by atoms with Gasteiger partial charge in [-0.1, -0.05) is 30.3 Å². The molecule has 0 saturated carbocycles. The van der Waals surface area contributed by atoms with E-state index >= 15 is 0 Å². The second-order valence-corrected chi connectivity index (χ2v) is 6.11. The highest BCUT2D eigenvalue weighted by molar-refractivity contribution is 6.10. The van der Waals surface area contributed by atoms with Crippen LogP contribution in [0.25, 0.3) is 0 Å². The molecule has 0 aromatic heterocycles. The number of alkyl halides is 3. The van der Waals surface area contributed by atoms with E-state index in [1.165, 1.54) is 11.0 Å². The van der Waals surface area contributed by atoms with Crippen LogP contribution in [0, 0.1) is 0 Å². The molecule has 2 heterocycles. The van der Waals surface area contributed by atoms with Gasteiger partial charge in [0, 0.05) is 24.7 Å². The molecule has 2 aromatic rings. The van der Waals surface area contributed by atoms with Crippen molar-refractivity contribution < 1.29 is 18.0 Å². The van der Waals surface area contributed by atoms with E-state index in [-0.39, 0.29) is 17.5 Å². The molecule has 124 valence electrons. The van der Waals surface area contributed by atoms with Crippen LogP contribution in [0.3, 0.4) is 0 Å². The quantitative estimate of drug-likeness (QED) is 0.868. The average Bonchev–Trinajstić information content (AvgIpc) is 3.04. The molecule has 1 saturated heterocycles. The summed E-state index contributed by atoms with van der Waals surface area (Å²) in [6.07, 6.45) is -4.55. The van der Waals surface area contributed by atoms with Crippen molar-refractivity contribution in [3.63, 3.8) is 0 Å². The fourth-order valence-electron chi connectivity index (χ4n) is 3.78. The highest BCUT2D eigenvalue weighted by Crippen LogP contribution is 2.43. The number of carbonyl (C=O) groups excluding carboxylic acids is 1. The maximum absolute atomic E-state index is 13.4. The molecule has 2 atom stereocenters. The molecular formula is C18H15F3N2O. The minimum absolute atomic E-state index is 0.139. The van der Waals surface area contributed by atoms with Gasteiger partial charge < -0.3 is 10.2 Å². The summed E-state index contributed by atoms with van der Waals surface area (Å²) in [6.45, 7) is 1.14. The van der Waals surface area contributed by atoms with E-state index in [0.29, 0.717) is 24.3 Å². The predicted molar refractivity (Wildman–Crippen MR) is 84.1 cm³/mol. The number of rotatable bonds is 1. The van der Waals surface area contributed by atoms with Gasteiger partial charge in [-0.15, -0.1) is 0 Å². The Morgan fingerprint density at radius 2 is 1.75 bits per heavy atom. The maximum Gasteiger partial charge on any atom is 0.417 e. The molecule has 1 amide bonds. The number of nitrogens with zero attached hydrogens (tertiary/aromatic N) is 1. The number of para-hydroxylation sites is 1. The van der Waals surface area contributed by atoms with E-state index in [1.54, 1.807) is 30.3 Å². The first-order chi connectivity index (χ1) is 11.5. The molecule has 2 aliphatic rings. The van der Waals surface area contributed by atoms with Crippen LogP contribution in [0.15, 0.2) is 48.5 Å². The van der Waals surface area contributed by atoms with E-state index < -0.39 is 17.6 Å². The second kappa shape index (κ2) is 5.34. The van der Waals surface area contributed by atoms with Gasteiger partial charge in [0.05, 0.1) is 17.2 Å². The van der Waals surface area contributed by atoms with Crippen LogP contribution in [-0.2, 0) is 6.18 Å². The maximum atomic E-state index is 13.4. The predicted octanol–water partition coefficient (Wildman–Crippen LogP) is 3.42. The highest BCUT2D eigenvalue weighted by atomic mass is 19.4. The molecule has 24 heavy (non-hydrogen) atoms. The van der Waals surface area contributed by atoms with Gasteiger partial charge in [0.1, 0.15) is 0 Å². The van der Waals surface area contributed by atoms with Gasteiger partial charge in [-0.2, -0.15) is 13.2 Å². The molecule has 0 radical (unpaired) electrons. The molecule has 0 aliphatic carbocycles. The Morgan fingerprint density at radius 3 is 2.46 bits per heavy atom. The van der Waals surface area contributed by atoms with Crippen LogP contribution in [-0.4, -0.2) is 25.0 Å². The van der Waals surface area contributed by atoms with Crippen LogP contribution in [0.1, 0.15) is 27.4 Å². The Bertz CT molecular complexity index is 789. The lowest BCUT2D eigenvalue weighted by atomic mass is 9.82. The molecular weight excluding hydrogens is 317 g/mol. The smallest absolute Gasteiger partial charge is 0.314 e. The first-order valence-electron chi connectivity index (χ1n) is 7.78. The zero-order valence-electron chi connectivity index (χ0n) is 12.7. The largest absolute Gasteiger partial charge is 0.417 e. The molecule has 3 nitrogen and oxygen atoms in total. The first-order valence-corrected chi connectivity index (χ1v) is 7.78. The molecule has 0 spiro atoms. The van der Waals surface area contributed by atoms with Crippen molar-refractivity contribution in [2.45, 2.75) is 18.1 Å². The zero-order chi connectivity index (χ0) is 16.9. The molecule has 6 heteroatoms. The average molecular weight is 332 g/mol. The summed E-state index contributed by atoms with van der Waals surface area (Å²) in [5.41, 5.74) is 0.0657. The fourth-order valence-corrected chi connectivity index (χ4v) is 3.78. The van der Waals surface area contributed by atoms with Crippen LogP contribution in [0.2, 0.25) is 0 Å². The Morgan fingerprint density at radius 1 is 1.00 bits per heavy atom. The van der Waals surface area contributed by atoms with Crippen LogP contribution in [0.5, 0.6) is 0 Å². The van der Waals surface area contributed by atoms with Crippen LogP contribution < -0.4 is 10.2 Å². The van der Waals surface area contributed by atoms with Gasteiger partial charge in [-0.25, -0.2) is 0 Å². The lowest BCUT2D eigenvalue weighted by Crippen LogP contribution is -2.49. The second-order valence-electron chi connectivity index (χ2n) is 6.11. The summed E-state index contributed by atoms with van der Waals surface area (Å²) in [7, 11) is 0. The van der Waals surface area contributed by atoms with Crippen molar-refractivity contribution in [2.75, 3.05) is 18.0 Å². The van der Waals surface area contributed by atoms with Gasteiger partial charge in [-0.3, -0.25) is 4.79 Å². The van der Waals surface area contributed by atoms with Gasteiger partial charge in [0.15, 0.2) is 0 Å².